The lowest BCUT2D eigenvalue weighted by Gasteiger charge is -2.11. The first kappa shape index (κ1) is 13.5. The third kappa shape index (κ3) is 3.09. The Kier molecular flexibility index (Phi) is 4.72. The van der Waals surface area contributed by atoms with Gasteiger partial charge in [0.25, 0.3) is 0 Å². The third-order valence-electron chi connectivity index (χ3n) is 3.02. The van der Waals surface area contributed by atoms with Crippen molar-refractivity contribution in [2.75, 3.05) is 12.8 Å². The van der Waals surface area contributed by atoms with E-state index in [1.54, 1.807) is 0 Å². The van der Waals surface area contributed by atoms with Gasteiger partial charge in [-0.05, 0) is 29.8 Å². The van der Waals surface area contributed by atoms with Crippen LogP contribution in [0.15, 0.2) is 30.3 Å². The van der Waals surface area contributed by atoms with E-state index < -0.39 is 0 Å². The maximum atomic E-state index is 3.26. The van der Waals surface area contributed by atoms with E-state index in [0.717, 1.165) is 13.1 Å². The maximum Gasteiger partial charge on any atom is 0.0483 e. The van der Waals surface area contributed by atoms with Crippen LogP contribution in [0.25, 0.3) is 10.9 Å². The molecule has 0 aliphatic rings. The van der Waals surface area contributed by atoms with Crippen molar-refractivity contribution >= 4 is 22.7 Å². The smallest absolute Gasteiger partial charge is 0.0483 e. The number of hydrogen-bond acceptors (Lipinski definition) is 2. The van der Waals surface area contributed by atoms with Gasteiger partial charge in [0.05, 0.1) is 0 Å². The summed E-state index contributed by atoms with van der Waals surface area (Å²) in [6, 6.07) is 10.9. The standard InChI is InChI=1S/C15H22N2S/c1-12(2)18-9-8-17-14(11-16-3)10-13-6-4-5-7-15(13)17/h4-7,10,12,16H,8-9,11H2,1-3H3. The fourth-order valence-corrected chi connectivity index (χ4v) is 3.00. The Hall–Kier alpha value is -0.930. The second kappa shape index (κ2) is 6.30. The van der Waals surface area contributed by atoms with E-state index in [2.05, 4.69) is 54.1 Å². The van der Waals surface area contributed by atoms with E-state index in [9.17, 15) is 0 Å². The molecule has 2 nitrogen and oxygen atoms in total. The van der Waals surface area contributed by atoms with Gasteiger partial charge in [-0.1, -0.05) is 32.0 Å². The van der Waals surface area contributed by atoms with Crippen molar-refractivity contribution in [3.05, 3.63) is 36.0 Å². The van der Waals surface area contributed by atoms with Crippen LogP contribution in [-0.2, 0) is 13.1 Å². The molecular weight excluding hydrogens is 240 g/mol. The first-order valence-corrected chi connectivity index (χ1v) is 7.60. The summed E-state index contributed by atoms with van der Waals surface area (Å²) >= 11 is 2.02. The Balaban J connectivity index is 2.24. The summed E-state index contributed by atoms with van der Waals surface area (Å²) in [6.07, 6.45) is 0. The molecule has 0 atom stereocenters. The van der Waals surface area contributed by atoms with Crippen molar-refractivity contribution in [2.24, 2.45) is 0 Å². The van der Waals surface area contributed by atoms with Gasteiger partial charge in [0.15, 0.2) is 0 Å². The average Bonchev–Trinajstić information content (AvgIpc) is 2.68. The van der Waals surface area contributed by atoms with Crippen LogP contribution in [0, 0.1) is 0 Å². The first-order valence-electron chi connectivity index (χ1n) is 6.55. The molecule has 1 N–H and O–H groups in total. The average molecular weight is 262 g/mol. The molecule has 0 amide bonds. The topological polar surface area (TPSA) is 17.0 Å². The fraction of sp³-hybridized carbons (Fsp3) is 0.467. The number of fused-ring (bicyclic) bond motifs is 1. The van der Waals surface area contributed by atoms with Crippen molar-refractivity contribution in [1.29, 1.82) is 0 Å². The lowest BCUT2D eigenvalue weighted by atomic mass is 10.2. The Morgan fingerprint density at radius 2 is 2.06 bits per heavy atom. The molecule has 0 bridgehead atoms. The summed E-state index contributed by atoms with van der Waals surface area (Å²) < 4.78 is 2.45. The SMILES string of the molecule is CNCc1cc2ccccc2n1CCSC(C)C. The zero-order chi connectivity index (χ0) is 13.0. The minimum atomic E-state index is 0.708. The number of rotatable bonds is 6. The highest BCUT2D eigenvalue weighted by molar-refractivity contribution is 7.99. The molecule has 1 heterocycles. The summed E-state index contributed by atoms with van der Waals surface area (Å²) in [5.41, 5.74) is 2.73. The number of nitrogens with one attached hydrogen (secondary N) is 1. The van der Waals surface area contributed by atoms with E-state index in [4.69, 9.17) is 0 Å². The highest BCUT2D eigenvalue weighted by Crippen LogP contribution is 2.21. The van der Waals surface area contributed by atoms with Gasteiger partial charge in [-0.2, -0.15) is 11.8 Å². The van der Waals surface area contributed by atoms with Crippen LogP contribution >= 0.6 is 11.8 Å². The second-order valence-electron chi connectivity index (χ2n) is 4.80. The van der Waals surface area contributed by atoms with Crippen LogP contribution in [-0.4, -0.2) is 22.6 Å². The van der Waals surface area contributed by atoms with Crippen molar-refractivity contribution in [3.8, 4) is 0 Å². The van der Waals surface area contributed by atoms with Gasteiger partial charge in [-0.15, -0.1) is 0 Å². The second-order valence-corrected chi connectivity index (χ2v) is 6.48. The Morgan fingerprint density at radius 1 is 1.28 bits per heavy atom. The molecule has 2 rings (SSSR count). The molecule has 2 aromatic rings. The zero-order valence-corrected chi connectivity index (χ0v) is 12.3. The van der Waals surface area contributed by atoms with Crippen molar-refractivity contribution in [1.82, 2.24) is 9.88 Å². The first-order chi connectivity index (χ1) is 8.72. The molecule has 0 aliphatic carbocycles. The van der Waals surface area contributed by atoms with Crippen LogP contribution in [0.1, 0.15) is 19.5 Å². The molecule has 0 spiro atoms. The molecule has 0 saturated carbocycles. The number of aryl methyl sites for hydroxylation is 1. The minimum absolute atomic E-state index is 0.708. The molecule has 98 valence electrons. The monoisotopic (exact) mass is 262 g/mol. The minimum Gasteiger partial charge on any atom is -0.342 e. The van der Waals surface area contributed by atoms with Crippen LogP contribution in [0.2, 0.25) is 0 Å². The summed E-state index contributed by atoms with van der Waals surface area (Å²) in [5.74, 6) is 1.17. The number of benzene rings is 1. The Labute approximate surface area is 114 Å². The normalized spacial score (nSPS) is 11.6. The van der Waals surface area contributed by atoms with E-state index in [0.29, 0.717) is 5.25 Å². The number of nitrogens with zero attached hydrogens (tertiary/aromatic N) is 1. The third-order valence-corrected chi connectivity index (χ3v) is 4.11. The number of thioether (sulfide) groups is 1. The van der Waals surface area contributed by atoms with E-state index >= 15 is 0 Å². The molecule has 3 heteroatoms. The quantitative estimate of drug-likeness (QED) is 0.858. The van der Waals surface area contributed by atoms with E-state index in [-0.39, 0.29) is 0 Å². The van der Waals surface area contributed by atoms with Crippen LogP contribution in [0.3, 0.4) is 0 Å². The molecule has 1 aromatic carbocycles. The summed E-state index contributed by atoms with van der Waals surface area (Å²) in [5, 5.41) is 5.31. The van der Waals surface area contributed by atoms with Gasteiger partial charge in [0.1, 0.15) is 0 Å². The maximum absolute atomic E-state index is 3.26. The molecule has 0 unspecified atom stereocenters. The zero-order valence-electron chi connectivity index (χ0n) is 11.4. The van der Waals surface area contributed by atoms with Crippen molar-refractivity contribution in [2.45, 2.75) is 32.2 Å². The number of aromatic nitrogens is 1. The summed E-state index contributed by atoms with van der Waals surface area (Å²) in [7, 11) is 2.00. The Morgan fingerprint density at radius 3 is 2.78 bits per heavy atom. The highest BCUT2D eigenvalue weighted by Gasteiger charge is 2.07. The molecular formula is C15H22N2S. The Bertz CT molecular complexity index is 502. The number of hydrogen-bond donors (Lipinski definition) is 1. The molecule has 0 fully saturated rings. The molecule has 18 heavy (non-hydrogen) atoms. The summed E-state index contributed by atoms with van der Waals surface area (Å²) in [6.45, 7) is 6.54. The molecule has 0 radical (unpaired) electrons. The largest absolute Gasteiger partial charge is 0.342 e. The van der Waals surface area contributed by atoms with Crippen LogP contribution < -0.4 is 5.32 Å². The van der Waals surface area contributed by atoms with Gasteiger partial charge in [-0.25, -0.2) is 0 Å². The van der Waals surface area contributed by atoms with Crippen LogP contribution in [0.5, 0.6) is 0 Å². The van der Waals surface area contributed by atoms with Gasteiger partial charge in [-0.3, -0.25) is 0 Å². The van der Waals surface area contributed by atoms with Crippen molar-refractivity contribution in [3.63, 3.8) is 0 Å². The predicted molar refractivity (Wildman–Crippen MR) is 82.3 cm³/mol. The van der Waals surface area contributed by atoms with Gasteiger partial charge in [0.2, 0.25) is 0 Å². The van der Waals surface area contributed by atoms with Crippen LogP contribution in [0.4, 0.5) is 0 Å². The molecule has 0 aliphatic heterocycles. The molecule has 0 saturated heterocycles. The van der Waals surface area contributed by atoms with Crippen molar-refractivity contribution < 1.29 is 0 Å². The lowest BCUT2D eigenvalue weighted by Crippen LogP contribution is -2.12. The van der Waals surface area contributed by atoms with Gasteiger partial charge >= 0.3 is 0 Å². The highest BCUT2D eigenvalue weighted by atomic mass is 32.2. The fourth-order valence-electron chi connectivity index (χ4n) is 2.24. The number of para-hydroxylation sites is 1. The lowest BCUT2D eigenvalue weighted by molar-refractivity contribution is 0.696. The van der Waals surface area contributed by atoms with Gasteiger partial charge in [0, 0.05) is 30.1 Å². The molecule has 1 aromatic heterocycles. The van der Waals surface area contributed by atoms with Gasteiger partial charge < -0.3 is 9.88 Å². The summed E-state index contributed by atoms with van der Waals surface area (Å²) in [4.78, 5) is 0. The van der Waals surface area contributed by atoms with E-state index in [1.165, 1.54) is 22.3 Å². The van der Waals surface area contributed by atoms with E-state index in [1.807, 2.05) is 18.8 Å². The predicted octanol–water partition coefficient (Wildman–Crippen LogP) is 3.50.